The summed E-state index contributed by atoms with van der Waals surface area (Å²) in [7, 11) is 0. The van der Waals surface area contributed by atoms with Crippen LogP contribution in [-0.4, -0.2) is 17.8 Å². The fraction of sp³-hybridized carbons (Fsp3) is 0.333. The third kappa shape index (κ3) is 4.80. The molecule has 1 atom stereocenters. The van der Waals surface area contributed by atoms with E-state index in [0.29, 0.717) is 0 Å². The summed E-state index contributed by atoms with van der Waals surface area (Å²) in [6.07, 6.45) is -0.510. The van der Waals surface area contributed by atoms with Gasteiger partial charge in [-0.3, -0.25) is 0 Å². The highest BCUT2D eigenvalue weighted by molar-refractivity contribution is 5.30. The molecule has 2 aromatic rings. The van der Waals surface area contributed by atoms with Crippen LogP contribution in [0.2, 0.25) is 0 Å². The maximum Gasteiger partial charge on any atom is 0.119 e. The van der Waals surface area contributed by atoms with E-state index in [1.165, 1.54) is 0 Å². The molecule has 21 heavy (non-hydrogen) atoms. The number of ether oxygens (including phenoxy) is 2. The molecule has 2 aromatic carbocycles. The highest BCUT2D eigenvalue weighted by Crippen LogP contribution is 2.20. The summed E-state index contributed by atoms with van der Waals surface area (Å²) in [5.41, 5.74) is 1.95. The Kier molecular flexibility index (Phi) is 5.23. The summed E-state index contributed by atoms with van der Waals surface area (Å²) in [4.78, 5) is 0. The largest absolute Gasteiger partial charge is 0.491 e. The van der Waals surface area contributed by atoms with Crippen LogP contribution in [0, 0.1) is 6.92 Å². The van der Waals surface area contributed by atoms with E-state index in [2.05, 4.69) is 0 Å². The molecule has 3 nitrogen and oxygen atoms in total. The van der Waals surface area contributed by atoms with E-state index in [1.54, 1.807) is 0 Å². The molecular formula is C18H22O3. The van der Waals surface area contributed by atoms with Crippen molar-refractivity contribution in [1.82, 2.24) is 0 Å². The summed E-state index contributed by atoms with van der Waals surface area (Å²) < 4.78 is 11.2. The van der Waals surface area contributed by atoms with Crippen molar-refractivity contribution in [2.45, 2.75) is 33.0 Å². The molecule has 3 heteroatoms. The van der Waals surface area contributed by atoms with Crippen LogP contribution in [0.3, 0.4) is 0 Å². The lowest BCUT2D eigenvalue weighted by molar-refractivity contribution is 0.108. The zero-order valence-corrected chi connectivity index (χ0v) is 12.7. The van der Waals surface area contributed by atoms with Crippen molar-refractivity contribution < 1.29 is 14.6 Å². The number of hydrogen-bond donors (Lipinski definition) is 1. The second kappa shape index (κ2) is 7.14. The van der Waals surface area contributed by atoms with Crippen LogP contribution in [0.5, 0.6) is 11.5 Å². The van der Waals surface area contributed by atoms with Crippen molar-refractivity contribution in [3.63, 3.8) is 0 Å². The van der Waals surface area contributed by atoms with Crippen molar-refractivity contribution in [2.75, 3.05) is 6.61 Å². The van der Waals surface area contributed by atoms with Gasteiger partial charge in [-0.2, -0.15) is 0 Å². The molecule has 1 unspecified atom stereocenters. The molecule has 0 aliphatic carbocycles. The Bertz CT molecular complexity index is 561. The van der Waals surface area contributed by atoms with Crippen LogP contribution in [0.25, 0.3) is 0 Å². The van der Waals surface area contributed by atoms with E-state index in [9.17, 15) is 5.11 Å². The van der Waals surface area contributed by atoms with Gasteiger partial charge in [0.05, 0.1) is 6.10 Å². The SMILES string of the molecule is Cc1cccc(OCC(O)c2ccc(OC(C)C)cc2)c1. The average Bonchev–Trinajstić information content (AvgIpc) is 2.45. The summed E-state index contributed by atoms with van der Waals surface area (Å²) in [5, 5.41) is 10.2. The van der Waals surface area contributed by atoms with Crippen LogP contribution in [0.1, 0.15) is 31.1 Å². The monoisotopic (exact) mass is 286 g/mol. The van der Waals surface area contributed by atoms with Crippen molar-refractivity contribution in [2.24, 2.45) is 0 Å². The Morgan fingerprint density at radius 3 is 2.33 bits per heavy atom. The Morgan fingerprint density at radius 2 is 1.71 bits per heavy atom. The van der Waals surface area contributed by atoms with Crippen molar-refractivity contribution in [1.29, 1.82) is 0 Å². The molecule has 0 aliphatic rings. The third-order valence-electron chi connectivity index (χ3n) is 3.03. The van der Waals surface area contributed by atoms with Crippen molar-refractivity contribution >= 4 is 0 Å². The summed E-state index contributed by atoms with van der Waals surface area (Å²) >= 11 is 0. The predicted octanol–water partition coefficient (Wildman–Crippen LogP) is 3.89. The minimum absolute atomic E-state index is 0.144. The Balaban J connectivity index is 1.92. The fourth-order valence-corrected chi connectivity index (χ4v) is 2.02. The van der Waals surface area contributed by atoms with E-state index >= 15 is 0 Å². The lowest BCUT2D eigenvalue weighted by atomic mass is 10.1. The maximum absolute atomic E-state index is 10.2. The van der Waals surface area contributed by atoms with Gasteiger partial charge in [0.2, 0.25) is 0 Å². The van der Waals surface area contributed by atoms with Gasteiger partial charge in [0.25, 0.3) is 0 Å². The van der Waals surface area contributed by atoms with Crippen LogP contribution >= 0.6 is 0 Å². The fourth-order valence-electron chi connectivity index (χ4n) is 2.02. The number of aliphatic hydroxyl groups is 1. The van der Waals surface area contributed by atoms with Crippen LogP contribution in [0.4, 0.5) is 0 Å². The highest BCUT2D eigenvalue weighted by Gasteiger charge is 2.09. The standard InChI is InChI=1S/C18H22O3/c1-13(2)21-16-9-7-15(8-10-16)18(19)12-20-17-6-4-5-14(3)11-17/h4-11,13,18-19H,12H2,1-3H3. The average molecular weight is 286 g/mol. The van der Waals surface area contributed by atoms with E-state index in [4.69, 9.17) is 9.47 Å². The van der Waals surface area contributed by atoms with E-state index < -0.39 is 6.10 Å². The molecule has 0 bridgehead atoms. The molecular weight excluding hydrogens is 264 g/mol. The van der Waals surface area contributed by atoms with Gasteiger partial charge in [-0.15, -0.1) is 0 Å². The normalized spacial score (nSPS) is 12.2. The first-order valence-electron chi connectivity index (χ1n) is 7.19. The lowest BCUT2D eigenvalue weighted by Gasteiger charge is -2.14. The highest BCUT2D eigenvalue weighted by atomic mass is 16.5. The molecule has 0 aromatic heterocycles. The van der Waals surface area contributed by atoms with E-state index in [1.807, 2.05) is 69.3 Å². The molecule has 0 heterocycles. The van der Waals surface area contributed by atoms with Gasteiger partial charge in [-0.25, -0.2) is 0 Å². The topological polar surface area (TPSA) is 38.7 Å². The Morgan fingerprint density at radius 1 is 1.00 bits per heavy atom. The first kappa shape index (κ1) is 15.4. The molecule has 0 radical (unpaired) electrons. The summed E-state index contributed by atoms with van der Waals surface area (Å²) in [5.74, 6) is 1.58. The van der Waals surface area contributed by atoms with E-state index in [0.717, 1.165) is 22.6 Å². The smallest absolute Gasteiger partial charge is 0.119 e. The number of benzene rings is 2. The quantitative estimate of drug-likeness (QED) is 0.875. The van der Waals surface area contributed by atoms with Crippen molar-refractivity contribution in [3.05, 3.63) is 59.7 Å². The van der Waals surface area contributed by atoms with E-state index in [-0.39, 0.29) is 12.7 Å². The zero-order chi connectivity index (χ0) is 15.2. The number of aryl methyl sites for hydroxylation is 1. The van der Waals surface area contributed by atoms with Gasteiger partial charge in [0.1, 0.15) is 24.2 Å². The van der Waals surface area contributed by atoms with Gasteiger partial charge in [-0.05, 0) is 56.2 Å². The van der Waals surface area contributed by atoms with Gasteiger partial charge >= 0.3 is 0 Å². The molecule has 0 saturated heterocycles. The molecule has 0 fully saturated rings. The number of hydrogen-bond acceptors (Lipinski definition) is 3. The van der Waals surface area contributed by atoms with Crippen LogP contribution < -0.4 is 9.47 Å². The second-order valence-electron chi connectivity index (χ2n) is 5.38. The summed E-state index contributed by atoms with van der Waals surface area (Å²) in [6, 6.07) is 15.2. The van der Waals surface area contributed by atoms with Gasteiger partial charge in [0.15, 0.2) is 0 Å². The first-order valence-corrected chi connectivity index (χ1v) is 7.19. The van der Waals surface area contributed by atoms with Gasteiger partial charge in [-0.1, -0.05) is 24.3 Å². The minimum Gasteiger partial charge on any atom is -0.491 e. The molecule has 2 rings (SSSR count). The maximum atomic E-state index is 10.2. The number of aliphatic hydroxyl groups excluding tert-OH is 1. The second-order valence-corrected chi connectivity index (χ2v) is 5.38. The molecule has 112 valence electrons. The van der Waals surface area contributed by atoms with Crippen LogP contribution in [0.15, 0.2) is 48.5 Å². The molecule has 1 N–H and O–H groups in total. The molecule has 0 spiro atoms. The third-order valence-corrected chi connectivity index (χ3v) is 3.03. The predicted molar refractivity (Wildman–Crippen MR) is 83.8 cm³/mol. The summed E-state index contributed by atoms with van der Waals surface area (Å²) in [6.45, 7) is 6.21. The zero-order valence-electron chi connectivity index (χ0n) is 12.7. The Hall–Kier alpha value is -2.00. The minimum atomic E-state index is -0.654. The first-order chi connectivity index (χ1) is 10.0. The van der Waals surface area contributed by atoms with Crippen molar-refractivity contribution in [3.8, 4) is 11.5 Å². The molecule has 0 saturated carbocycles. The Labute approximate surface area is 126 Å². The molecule has 0 aliphatic heterocycles. The van der Waals surface area contributed by atoms with Gasteiger partial charge < -0.3 is 14.6 Å². The lowest BCUT2D eigenvalue weighted by Crippen LogP contribution is -2.10. The van der Waals surface area contributed by atoms with Gasteiger partial charge in [0, 0.05) is 0 Å². The van der Waals surface area contributed by atoms with Crippen LogP contribution in [-0.2, 0) is 0 Å². The number of rotatable bonds is 6. The molecule has 0 amide bonds.